The van der Waals surface area contributed by atoms with E-state index in [1.807, 2.05) is 6.92 Å². The number of aryl methyl sites for hydroxylation is 1. The summed E-state index contributed by atoms with van der Waals surface area (Å²) in [6.45, 7) is 6.10. The summed E-state index contributed by atoms with van der Waals surface area (Å²) in [7, 11) is 1.72. The maximum atomic E-state index is 12.4. The summed E-state index contributed by atoms with van der Waals surface area (Å²) in [5.41, 5.74) is 2.92. The first-order chi connectivity index (χ1) is 9.01. The second-order valence-electron chi connectivity index (χ2n) is 5.65. The molecule has 0 saturated heterocycles. The highest BCUT2D eigenvalue weighted by Crippen LogP contribution is 2.26. The van der Waals surface area contributed by atoms with Crippen LogP contribution in [0.15, 0.2) is 22.3 Å². The van der Waals surface area contributed by atoms with Crippen molar-refractivity contribution in [3.05, 3.63) is 34.8 Å². The molecule has 0 saturated carbocycles. The zero-order valence-corrected chi connectivity index (χ0v) is 12.2. The monoisotopic (exact) mass is 262 g/mol. The first-order valence-electron chi connectivity index (χ1n) is 6.81. The van der Waals surface area contributed by atoms with Gasteiger partial charge in [0.2, 0.25) is 0 Å². The number of ketones is 1. The van der Waals surface area contributed by atoms with E-state index in [1.54, 1.807) is 13.4 Å². The minimum absolute atomic E-state index is 0.0837. The molecule has 2 atom stereocenters. The third-order valence-corrected chi connectivity index (χ3v) is 3.71. The van der Waals surface area contributed by atoms with Crippen molar-refractivity contribution < 1.29 is 13.9 Å². The van der Waals surface area contributed by atoms with Crippen LogP contribution in [0.4, 0.5) is 0 Å². The first kappa shape index (κ1) is 14.1. The smallest absolute Gasteiger partial charge is 0.166 e. The minimum Gasteiger partial charge on any atom is -0.468 e. The van der Waals surface area contributed by atoms with Gasteiger partial charge in [0.05, 0.1) is 17.9 Å². The molecule has 1 heterocycles. The van der Waals surface area contributed by atoms with Crippen LogP contribution in [0.2, 0.25) is 0 Å². The fourth-order valence-corrected chi connectivity index (χ4v) is 2.76. The van der Waals surface area contributed by atoms with Gasteiger partial charge in [0.1, 0.15) is 5.76 Å². The molecule has 1 aliphatic rings. The number of carbonyl (C=O) groups is 1. The van der Waals surface area contributed by atoms with Gasteiger partial charge in [0, 0.05) is 20.0 Å². The Kier molecular flexibility index (Phi) is 4.25. The van der Waals surface area contributed by atoms with Gasteiger partial charge in [0.25, 0.3) is 0 Å². The maximum absolute atomic E-state index is 12.4. The van der Waals surface area contributed by atoms with Gasteiger partial charge in [0.15, 0.2) is 5.78 Å². The number of carbonyl (C=O) groups excluding carboxylic acids is 1. The lowest BCUT2D eigenvalue weighted by atomic mass is 9.90. The van der Waals surface area contributed by atoms with Crippen molar-refractivity contribution in [3.63, 3.8) is 0 Å². The van der Waals surface area contributed by atoms with Crippen molar-refractivity contribution in [1.82, 2.24) is 0 Å². The Morgan fingerprint density at radius 3 is 2.79 bits per heavy atom. The Morgan fingerprint density at radius 1 is 1.37 bits per heavy atom. The Balaban J connectivity index is 2.40. The zero-order chi connectivity index (χ0) is 14.0. The summed E-state index contributed by atoms with van der Waals surface area (Å²) in [6.07, 6.45) is 6.04. The second kappa shape index (κ2) is 5.74. The van der Waals surface area contributed by atoms with Crippen molar-refractivity contribution in [2.75, 3.05) is 7.11 Å². The van der Waals surface area contributed by atoms with E-state index in [4.69, 9.17) is 9.15 Å². The first-order valence-corrected chi connectivity index (χ1v) is 6.81. The molecule has 3 heteroatoms. The van der Waals surface area contributed by atoms with E-state index in [9.17, 15) is 4.79 Å². The van der Waals surface area contributed by atoms with Crippen LogP contribution in [0, 0.1) is 12.8 Å². The number of hydrogen-bond acceptors (Lipinski definition) is 3. The standard InChI is InChI=1S/C16H22O3/c1-10-5-13(18-4)6-11(2)8-15-16(14(17)7-10)12(3)9-19-15/h6,9-10,13H,5,7-8H2,1-4H3/t10-,13?/m1/s1. The molecule has 0 spiro atoms. The summed E-state index contributed by atoms with van der Waals surface area (Å²) >= 11 is 0. The van der Waals surface area contributed by atoms with E-state index in [-0.39, 0.29) is 11.9 Å². The van der Waals surface area contributed by atoms with Crippen LogP contribution in [0.25, 0.3) is 0 Å². The van der Waals surface area contributed by atoms with Crippen LogP contribution in [0.5, 0.6) is 0 Å². The lowest BCUT2D eigenvalue weighted by Gasteiger charge is -2.19. The predicted octanol–water partition coefficient (Wildman–Crippen LogP) is 3.70. The van der Waals surface area contributed by atoms with Gasteiger partial charge in [-0.1, -0.05) is 18.6 Å². The van der Waals surface area contributed by atoms with E-state index < -0.39 is 0 Å². The molecule has 19 heavy (non-hydrogen) atoms. The van der Waals surface area contributed by atoms with Crippen molar-refractivity contribution in [2.24, 2.45) is 5.92 Å². The highest BCUT2D eigenvalue weighted by atomic mass is 16.5. The quantitative estimate of drug-likeness (QED) is 0.724. The molecule has 3 nitrogen and oxygen atoms in total. The Bertz CT molecular complexity index is 496. The van der Waals surface area contributed by atoms with E-state index in [2.05, 4.69) is 19.9 Å². The van der Waals surface area contributed by atoms with Crippen LogP contribution >= 0.6 is 0 Å². The van der Waals surface area contributed by atoms with E-state index >= 15 is 0 Å². The molecule has 0 amide bonds. The van der Waals surface area contributed by atoms with Gasteiger partial charge in [-0.15, -0.1) is 0 Å². The highest BCUT2D eigenvalue weighted by molar-refractivity contribution is 5.98. The number of ether oxygens (including phenoxy) is 1. The van der Waals surface area contributed by atoms with Crippen molar-refractivity contribution >= 4 is 5.78 Å². The molecular formula is C16H22O3. The normalized spacial score (nSPS) is 24.8. The average Bonchev–Trinajstić information content (AvgIpc) is 2.68. The number of Topliss-reactive ketones (excluding diaryl/α,β-unsaturated/α-hetero) is 1. The molecule has 104 valence electrons. The van der Waals surface area contributed by atoms with Crippen molar-refractivity contribution in [2.45, 2.75) is 46.1 Å². The van der Waals surface area contributed by atoms with Gasteiger partial charge in [-0.3, -0.25) is 4.79 Å². The molecule has 2 rings (SSSR count). The maximum Gasteiger partial charge on any atom is 0.166 e. The van der Waals surface area contributed by atoms with Crippen LogP contribution < -0.4 is 0 Å². The van der Waals surface area contributed by atoms with Gasteiger partial charge in [-0.2, -0.15) is 0 Å². The summed E-state index contributed by atoms with van der Waals surface area (Å²) in [6, 6.07) is 0. The third-order valence-electron chi connectivity index (χ3n) is 3.71. The topological polar surface area (TPSA) is 39.4 Å². The number of rotatable bonds is 1. The Hall–Kier alpha value is -1.35. The van der Waals surface area contributed by atoms with Crippen LogP contribution in [-0.2, 0) is 11.2 Å². The molecule has 1 aromatic rings. The Labute approximate surface area is 114 Å². The average molecular weight is 262 g/mol. The van der Waals surface area contributed by atoms with Crippen LogP contribution in [0.1, 0.15) is 48.4 Å². The van der Waals surface area contributed by atoms with Gasteiger partial charge in [-0.05, 0) is 31.7 Å². The summed E-state index contributed by atoms with van der Waals surface area (Å²) < 4.78 is 11.0. The molecule has 0 fully saturated rings. The van der Waals surface area contributed by atoms with Gasteiger partial charge >= 0.3 is 0 Å². The van der Waals surface area contributed by atoms with E-state index in [0.717, 1.165) is 23.3 Å². The number of fused-ring (bicyclic) bond motifs is 1. The number of allylic oxidation sites excluding steroid dienone is 1. The number of methoxy groups -OCH3 is 1. The second-order valence-corrected chi connectivity index (χ2v) is 5.65. The van der Waals surface area contributed by atoms with E-state index in [0.29, 0.717) is 18.8 Å². The molecule has 0 aromatic carbocycles. The number of furan rings is 1. The molecule has 0 aliphatic heterocycles. The zero-order valence-electron chi connectivity index (χ0n) is 12.2. The molecule has 1 unspecified atom stereocenters. The highest BCUT2D eigenvalue weighted by Gasteiger charge is 2.23. The van der Waals surface area contributed by atoms with Crippen molar-refractivity contribution in [1.29, 1.82) is 0 Å². The summed E-state index contributed by atoms with van der Waals surface area (Å²) in [5.74, 6) is 1.29. The number of hydrogen-bond donors (Lipinski definition) is 0. The van der Waals surface area contributed by atoms with Gasteiger partial charge < -0.3 is 9.15 Å². The molecule has 1 aromatic heterocycles. The molecule has 0 bridgehead atoms. The van der Waals surface area contributed by atoms with Crippen LogP contribution in [-0.4, -0.2) is 19.0 Å². The lowest BCUT2D eigenvalue weighted by molar-refractivity contribution is 0.0913. The summed E-state index contributed by atoms with van der Waals surface area (Å²) in [5, 5.41) is 0. The largest absolute Gasteiger partial charge is 0.468 e. The van der Waals surface area contributed by atoms with E-state index in [1.165, 1.54) is 5.57 Å². The SMILES string of the molecule is COC1C=C(C)Cc2occ(C)c2C(=O)C[C@H](C)C1. The summed E-state index contributed by atoms with van der Waals surface area (Å²) in [4.78, 5) is 12.4. The van der Waals surface area contributed by atoms with Crippen LogP contribution in [0.3, 0.4) is 0 Å². The minimum atomic E-state index is 0.0837. The fourth-order valence-electron chi connectivity index (χ4n) is 2.76. The molecule has 0 N–H and O–H groups in total. The molecule has 0 radical (unpaired) electrons. The fraction of sp³-hybridized carbons (Fsp3) is 0.562. The molecular weight excluding hydrogens is 240 g/mol. The molecule has 1 aliphatic carbocycles. The third kappa shape index (κ3) is 3.16. The van der Waals surface area contributed by atoms with Crippen molar-refractivity contribution in [3.8, 4) is 0 Å². The lowest BCUT2D eigenvalue weighted by Crippen LogP contribution is -2.18. The predicted molar refractivity (Wildman–Crippen MR) is 74.4 cm³/mol. The van der Waals surface area contributed by atoms with Gasteiger partial charge in [-0.25, -0.2) is 0 Å². The Morgan fingerprint density at radius 2 is 2.11 bits per heavy atom.